The number of halogens is 2. The second-order valence-corrected chi connectivity index (χ2v) is 7.85. The summed E-state index contributed by atoms with van der Waals surface area (Å²) < 4.78 is 10.7. The molecule has 0 fully saturated rings. The van der Waals surface area contributed by atoms with Crippen LogP contribution in [0.25, 0.3) is 11.0 Å². The maximum absolute atomic E-state index is 12.2. The molecule has 1 aromatic heterocycles. The van der Waals surface area contributed by atoms with Gasteiger partial charge in [0.05, 0.1) is 16.5 Å². The minimum Gasteiger partial charge on any atom is -0.461 e. The topological polar surface area (TPSA) is 56.5 Å². The van der Waals surface area contributed by atoms with Crippen LogP contribution in [0.2, 0.25) is 10.0 Å². The monoisotopic (exact) mass is 418 g/mol. The van der Waals surface area contributed by atoms with Crippen LogP contribution in [0.5, 0.6) is 0 Å². The summed E-state index contributed by atoms with van der Waals surface area (Å²) in [5.41, 5.74) is 3.55. The number of rotatable bonds is 5. The van der Waals surface area contributed by atoms with Crippen molar-refractivity contribution in [1.29, 1.82) is 0 Å². The van der Waals surface area contributed by atoms with E-state index in [1.807, 2.05) is 19.1 Å². The SMILES string of the molecule is Cc1cc2oc(=O)cc(COC(=O)Cc3ccc(Cl)c(Cl)c3)c2cc1C(C)C. The standard InChI is InChI=1S/C22H20Cl2O4/c1-12(2)16-10-17-15(9-22(26)28-20(17)6-13(16)3)11-27-21(25)8-14-4-5-18(23)19(24)7-14/h4-7,9-10,12H,8,11H2,1-3H3. The number of hydrogen-bond acceptors (Lipinski definition) is 4. The van der Waals surface area contributed by atoms with Crippen molar-refractivity contribution >= 4 is 40.1 Å². The van der Waals surface area contributed by atoms with E-state index < -0.39 is 11.6 Å². The first-order valence-corrected chi connectivity index (χ1v) is 9.67. The van der Waals surface area contributed by atoms with Gasteiger partial charge < -0.3 is 9.15 Å². The van der Waals surface area contributed by atoms with Crippen LogP contribution in [0, 0.1) is 6.92 Å². The van der Waals surface area contributed by atoms with E-state index in [0.717, 1.165) is 16.5 Å². The van der Waals surface area contributed by atoms with E-state index in [4.69, 9.17) is 32.4 Å². The highest BCUT2D eigenvalue weighted by molar-refractivity contribution is 6.42. The summed E-state index contributed by atoms with van der Waals surface area (Å²) in [6, 6.07) is 10.2. The molecule has 2 aromatic carbocycles. The molecule has 1 heterocycles. The third kappa shape index (κ3) is 4.57. The molecule has 0 bridgehead atoms. The van der Waals surface area contributed by atoms with Gasteiger partial charge in [0.15, 0.2) is 0 Å². The Morgan fingerprint density at radius 1 is 1.11 bits per heavy atom. The molecular weight excluding hydrogens is 399 g/mol. The lowest BCUT2D eigenvalue weighted by molar-refractivity contribution is -0.144. The molecule has 3 aromatic rings. The zero-order chi connectivity index (χ0) is 20.4. The van der Waals surface area contributed by atoms with E-state index >= 15 is 0 Å². The molecule has 0 spiro atoms. The van der Waals surface area contributed by atoms with Crippen molar-refractivity contribution in [2.45, 2.75) is 39.7 Å². The van der Waals surface area contributed by atoms with Crippen LogP contribution >= 0.6 is 23.2 Å². The fourth-order valence-corrected chi connectivity index (χ4v) is 3.48. The van der Waals surface area contributed by atoms with Gasteiger partial charge in [-0.25, -0.2) is 4.79 Å². The molecule has 146 valence electrons. The van der Waals surface area contributed by atoms with Crippen molar-refractivity contribution in [2.75, 3.05) is 0 Å². The van der Waals surface area contributed by atoms with Gasteiger partial charge in [0.25, 0.3) is 0 Å². The Morgan fingerprint density at radius 2 is 1.86 bits per heavy atom. The lowest BCUT2D eigenvalue weighted by Crippen LogP contribution is -2.10. The first-order valence-electron chi connectivity index (χ1n) is 8.91. The minimum absolute atomic E-state index is 0.0111. The summed E-state index contributed by atoms with van der Waals surface area (Å²) in [7, 11) is 0. The van der Waals surface area contributed by atoms with Crippen LogP contribution in [0.4, 0.5) is 0 Å². The van der Waals surface area contributed by atoms with Crippen LogP contribution in [0.15, 0.2) is 45.6 Å². The van der Waals surface area contributed by atoms with Crippen LogP contribution in [-0.2, 0) is 22.6 Å². The van der Waals surface area contributed by atoms with E-state index in [9.17, 15) is 9.59 Å². The highest BCUT2D eigenvalue weighted by atomic mass is 35.5. The average Bonchev–Trinajstić information content (AvgIpc) is 2.61. The number of carbonyl (C=O) groups excluding carboxylic acids is 1. The summed E-state index contributed by atoms with van der Waals surface area (Å²) in [5, 5.41) is 1.59. The highest BCUT2D eigenvalue weighted by Crippen LogP contribution is 2.27. The van der Waals surface area contributed by atoms with Crippen molar-refractivity contribution in [3.8, 4) is 0 Å². The Bertz CT molecular complexity index is 1100. The fourth-order valence-electron chi connectivity index (χ4n) is 3.16. The fraction of sp³-hybridized carbons (Fsp3) is 0.273. The zero-order valence-corrected chi connectivity index (χ0v) is 17.4. The van der Waals surface area contributed by atoms with Crippen molar-refractivity contribution in [3.63, 3.8) is 0 Å². The number of fused-ring (bicyclic) bond motifs is 1. The second kappa shape index (κ2) is 8.38. The molecule has 0 saturated heterocycles. The quantitative estimate of drug-likeness (QED) is 0.386. The van der Waals surface area contributed by atoms with Gasteiger partial charge in [-0.1, -0.05) is 43.1 Å². The van der Waals surface area contributed by atoms with Crippen molar-refractivity contribution in [3.05, 3.63) is 79.1 Å². The summed E-state index contributed by atoms with van der Waals surface area (Å²) in [6.07, 6.45) is 0.0621. The van der Waals surface area contributed by atoms with Gasteiger partial charge in [-0.3, -0.25) is 4.79 Å². The molecule has 28 heavy (non-hydrogen) atoms. The molecule has 3 rings (SSSR count). The molecule has 0 atom stereocenters. The van der Waals surface area contributed by atoms with Gasteiger partial charge in [0.2, 0.25) is 0 Å². The van der Waals surface area contributed by atoms with E-state index in [1.54, 1.807) is 18.2 Å². The van der Waals surface area contributed by atoms with Crippen molar-refractivity contribution < 1.29 is 13.9 Å². The zero-order valence-electron chi connectivity index (χ0n) is 15.8. The Kier molecular flexibility index (Phi) is 6.11. The molecule has 4 nitrogen and oxygen atoms in total. The Morgan fingerprint density at radius 3 is 2.54 bits per heavy atom. The van der Waals surface area contributed by atoms with E-state index in [0.29, 0.717) is 32.7 Å². The normalized spacial score (nSPS) is 11.2. The Hall–Kier alpha value is -2.30. The summed E-state index contributed by atoms with van der Waals surface area (Å²) in [4.78, 5) is 24.1. The van der Waals surface area contributed by atoms with Crippen LogP contribution in [0.1, 0.15) is 42.0 Å². The van der Waals surface area contributed by atoms with E-state index in [1.165, 1.54) is 6.07 Å². The van der Waals surface area contributed by atoms with E-state index in [-0.39, 0.29) is 13.0 Å². The molecule has 0 aliphatic rings. The number of hydrogen-bond donors (Lipinski definition) is 0. The number of carbonyl (C=O) groups is 1. The molecule has 0 aliphatic heterocycles. The predicted molar refractivity (Wildman–Crippen MR) is 111 cm³/mol. The molecule has 0 N–H and O–H groups in total. The van der Waals surface area contributed by atoms with Crippen LogP contribution in [-0.4, -0.2) is 5.97 Å². The van der Waals surface area contributed by atoms with Gasteiger partial charge in [0, 0.05) is 17.0 Å². The number of ether oxygens (including phenoxy) is 1. The van der Waals surface area contributed by atoms with Crippen LogP contribution in [0.3, 0.4) is 0 Å². The molecule has 0 unspecified atom stereocenters. The summed E-state index contributed by atoms with van der Waals surface area (Å²) in [5.74, 6) is -0.0997. The lowest BCUT2D eigenvalue weighted by Gasteiger charge is -2.13. The first kappa shape index (κ1) is 20.4. The van der Waals surface area contributed by atoms with E-state index in [2.05, 4.69) is 13.8 Å². The Labute approximate surface area is 173 Å². The molecular formula is C22H20Cl2O4. The molecule has 0 radical (unpaired) electrons. The van der Waals surface area contributed by atoms with Gasteiger partial charge in [-0.2, -0.15) is 0 Å². The Balaban J connectivity index is 1.83. The number of esters is 1. The van der Waals surface area contributed by atoms with Gasteiger partial charge >= 0.3 is 11.6 Å². The summed E-state index contributed by atoms with van der Waals surface area (Å²) >= 11 is 11.9. The van der Waals surface area contributed by atoms with Crippen molar-refractivity contribution in [2.24, 2.45) is 0 Å². The average molecular weight is 419 g/mol. The molecule has 6 heteroatoms. The highest BCUT2D eigenvalue weighted by Gasteiger charge is 2.13. The van der Waals surface area contributed by atoms with Gasteiger partial charge in [-0.15, -0.1) is 0 Å². The third-order valence-electron chi connectivity index (χ3n) is 4.56. The smallest absolute Gasteiger partial charge is 0.336 e. The molecule has 0 amide bonds. The van der Waals surface area contributed by atoms with Gasteiger partial charge in [0.1, 0.15) is 12.2 Å². The molecule has 0 saturated carbocycles. The largest absolute Gasteiger partial charge is 0.461 e. The molecule has 0 aliphatic carbocycles. The van der Waals surface area contributed by atoms with Gasteiger partial charge in [-0.05, 0) is 53.8 Å². The van der Waals surface area contributed by atoms with Crippen LogP contribution < -0.4 is 5.63 Å². The number of aryl methyl sites for hydroxylation is 1. The third-order valence-corrected chi connectivity index (χ3v) is 5.30. The second-order valence-electron chi connectivity index (χ2n) is 7.04. The predicted octanol–water partition coefficient (Wildman–Crippen LogP) is 5.82. The van der Waals surface area contributed by atoms with Crippen molar-refractivity contribution in [1.82, 2.24) is 0 Å². The number of benzene rings is 2. The first-order chi connectivity index (χ1) is 13.2. The maximum Gasteiger partial charge on any atom is 0.336 e. The minimum atomic E-state index is -0.472. The maximum atomic E-state index is 12.2. The summed E-state index contributed by atoms with van der Waals surface area (Å²) in [6.45, 7) is 6.18. The lowest BCUT2D eigenvalue weighted by atomic mass is 9.95.